The molecule has 23 heavy (non-hydrogen) atoms. The molecule has 0 unspecified atom stereocenters. The molecule has 122 valence electrons. The van der Waals surface area contributed by atoms with Crippen LogP contribution < -0.4 is 9.64 Å². The largest absolute Gasteiger partial charge is 0.478 e. The van der Waals surface area contributed by atoms with Crippen LogP contribution in [0.4, 0.5) is 5.82 Å². The Labute approximate surface area is 141 Å². The SMILES string of the molecule is CCOc1cc(N2CCN(Cc3ccccc3Cl)CC2)ncn1. The Kier molecular flexibility index (Phi) is 5.31. The van der Waals surface area contributed by atoms with Crippen molar-refractivity contribution < 1.29 is 4.74 Å². The zero-order valence-corrected chi connectivity index (χ0v) is 14.0. The highest BCUT2D eigenvalue weighted by Gasteiger charge is 2.19. The quantitative estimate of drug-likeness (QED) is 0.842. The van der Waals surface area contributed by atoms with Crippen LogP contribution in [0.2, 0.25) is 5.02 Å². The molecule has 1 aromatic carbocycles. The minimum atomic E-state index is 0.613. The van der Waals surface area contributed by atoms with Crippen molar-refractivity contribution in [2.75, 3.05) is 37.7 Å². The van der Waals surface area contributed by atoms with Crippen LogP contribution in [-0.4, -0.2) is 47.7 Å². The molecule has 1 fully saturated rings. The van der Waals surface area contributed by atoms with Gasteiger partial charge in [-0.2, -0.15) is 0 Å². The van der Waals surface area contributed by atoms with Gasteiger partial charge in [0.05, 0.1) is 6.61 Å². The van der Waals surface area contributed by atoms with Crippen LogP contribution in [0.1, 0.15) is 12.5 Å². The molecule has 0 saturated carbocycles. The maximum atomic E-state index is 6.25. The lowest BCUT2D eigenvalue weighted by atomic mass is 10.2. The number of ether oxygens (including phenoxy) is 1. The molecule has 0 N–H and O–H groups in total. The molecule has 0 amide bonds. The summed E-state index contributed by atoms with van der Waals surface area (Å²) in [7, 11) is 0. The molecule has 1 aliphatic heterocycles. The first-order valence-corrected chi connectivity index (χ1v) is 8.29. The fourth-order valence-corrected chi connectivity index (χ4v) is 2.93. The molecule has 2 heterocycles. The van der Waals surface area contributed by atoms with Crippen molar-refractivity contribution in [2.45, 2.75) is 13.5 Å². The Morgan fingerprint density at radius 3 is 2.65 bits per heavy atom. The average molecular weight is 333 g/mol. The molecule has 0 aliphatic carbocycles. The summed E-state index contributed by atoms with van der Waals surface area (Å²) in [6.45, 7) is 7.30. The van der Waals surface area contributed by atoms with Gasteiger partial charge in [0.25, 0.3) is 0 Å². The number of halogens is 1. The van der Waals surface area contributed by atoms with E-state index in [0.717, 1.165) is 43.6 Å². The van der Waals surface area contributed by atoms with Gasteiger partial charge in [-0.3, -0.25) is 4.90 Å². The van der Waals surface area contributed by atoms with E-state index in [1.165, 1.54) is 5.56 Å². The van der Waals surface area contributed by atoms with Crippen LogP contribution >= 0.6 is 11.6 Å². The summed E-state index contributed by atoms with van der Waals surface area (Å²) in [5.41, 5.74) is 1.18. The van der Waals surface area contributed by atoms with Gasteiger partial charge in [0.15, 0.2) is 0 Å². The Morgan fingerprint density at radius 2 is 1.91 bits per heavy atom. The molecular formula is C17H21ClN4O. The van der Waals surface area contributed by atoms with Gasteiger partial charge in [-0.25, -0.2) is 9.97 Å². The first-order chi connectivity index (χ1) is 11.3. The second-order valence-electron chi connectivity index (χ2n) is 5.50. The Hall–Kier alpha value is -1.85. The standard InChI is InChI=1S/C17H21ClN4O/c1-2-23-17-11-16(19-13-20-17)22-9-7-21(8-10-22)12-14-5-3-4-6-15(14)18/h3-6,11,13H,2,7-10,12H2,1H3. The van der Waals surface area contributed by atoms with Crippen molar-refractivity contribution in [2.24, 2.45) is 0 Å². The highest BCUT2D eigenvalue weighted by atomic mass is 35.5. The summed E-state index contributed by atoms with van der Waals surface area (Å²) in [5, 5.41) is 0.840. The summed E-state index contributed by atoms with van der Waals surface area (Å²) in [6, 6.07) is 9.95. The van der Waals surface area contributed by atoms with Gasteiger partial charge in [0.1, 0.15) is 12.1 Å². The highest BCUT2D eigenvalue weighted by molar-refractivity contribution is 6.31. The molecule has 0 spiro atoms. The molecule has 3 rings (SSSR count). The first kappa shape index (κ1) is 16.0. The molecule has 1 aromatic heterocycles. The molecule has 6 heteroatoms. The third-order valence-electron chi connectivity index (χ3n) is 3.97. The minimum Gasteiger partial charge on any atom is -0.478 e. The molecule has 0 bridgehead atoms. The highest BCUT2D eigenvalue weighted by Crippen LogP contribution is 2.20. The monoisotopic (exact) mass is 332 g/mol. The van der Waals surface area contributed by atoms with Gasteiger partial charge in [0, 0.05) is 43.8 Å². The van der Waals surface area contributed by atoms with E-state index in [9.17, 15) is 0 Å². The van der Waals surface area contributed by atoms with E-state index in [-0.39, 0.29) is 0 Å². The third-order valence-corrected chi connectivity index (χ3v) is 4.34. The number of anilines is 1. The average Bonchev–Trinajstić information content (AvgIpc) is 2.58. The summed E-state index contributed by atoms with van der Waals surface area (Å²) in [4.78, 5) is 13.2. The van der Waals surface area contributed by atoms with Gasteiger partial charge in [-0.05, 0) is 18.6 Å². The zero-order valence-electron chi connectivity index (χ0n) is 13.3. The maximum Gasteiger partial charge on any atom is 0.218 e. The van der Waals surface area contributed by atoms with E-state index in [2.05, 4.69) is 25.8 Å². The van der Waals surface area contributed by atoms with Crippen molar-refractivity contribution in [1.29, 1.82) is 0 Å². The predicted octanol–water partition coefficient (Wildman–Crippen LogP) is 2.85. The minimum absolute atomic E-state index is 0.613. The van der Waals surface area contributed by atoms with E-state index >= 15 is 0 Å². The lowest BCUT2D eigenvalue weighted by Gasteiger charge is -2.35. The summed E-state index contributed by atoms with van der Waals surface area (Å²) in [6.07, 6.45) is 1.57. The van der Waals surface area contributed by atoms with Crippen molar-refractivity contribution in [3.63, 3.8) is 0 Å². The fourth-order valence-electron chi connectivity index (χ4n) is 2.73. The lowest BCUT2D eigenvalue weighted by molar-refractivity contribution is 0.249. The molecule has 5 nitrogen and oxygen atoms in total. The van der Waals surface area contributed by atoms with Gasteiger partial charge in [-0.1, -0.05) is 29.8 Å². The predicted molar refractivity (Wildman–Crippen MR) is 92.1 cm³/mol. The molecule has 2 aromatic rings. The zero-order chi connectivity index (χ0) is 16.1. The molecule has 1 saturated heterocycles. The van der Waals surface area contributed by atoms with Crippen LogP contribution in [0, 0.1) is 0 Å². The normalized spacial score (nSPS) is 15.7. The van der Waals surface area contributed by atoms with Gasteiger partial charge < -0.3 is 9.64 Å². The second-order valence-corrected chi connectivity index (χ2v) is 5.91. The van der Waals surface area contributed by atoms with Crippen molar-refractivity contribution in [3.05, 3.63) is 47.2 Å². The van der Waals surface area contributed by atoms with E-state index in [1.807, 2.05) is 31.2 Å². The third kappa shape index (κ3) is 4.12. The molecule has 1 aliphatic rings. The first-order valence-electron chi connectivity index (χ1n) is 7.92. The lowest BCUT2D eigenvalue weighted by Crippen LogP contribution is -2.46. The Bertz CT molecular complexity index is 644. The van der Waals surface area contributed by atoms with Crippen LogP contribution in [0.15, 0.2) is 36.7 Å². The van der Waals surface area contributed by atoms with Crippen molar-refractivity contribution in [3.8, 4) is 5.88 Å². The van der Waals surface area contributed by atoms with Gasteiger partial charge in [-0.15, -0.1) is 0 Å². The number of nitrogens with zero attached hydrogens (tertiary/aromatic N) is 4. The second kappa shape index (κ2) is 7.62. The van der Waals surface area contributed by atoms with Crippen molar-refractivity contribution in [1.82, 2.24) is 14.9 Å². The summed E-state index contributed by atoms with van der Waals surface area (Å²) >= 11 is 6.25. The van der Waals surface area contributed by atoms with E-state index in [4.69, 9.17) is 16.3 Å². The maximum absolute atomic E-state index is 6.25. The number of aromatic nitrogens is 2. The van der Waals surface area contributed by atoms with Crippen LogP contribution in [0.5, 0.6) is 5.88 Å². The summed E-state index contributed by atoms with van der Waals surface area (Å²) in [5.74, 6) is 1.57. The van der Waals surface area contributed by atoms with E-state index in [0.29, 0.717) is 12.5 Å². The molecule has 0 radical (unpaired) electrons. The van der Waals surface area contributed by atoms with Gasteiger partial charge in [0.2, 0.25) is 5.88 Å². The topological polar surface area (TPSA) is 41.5 Å². The van der Waals surface area contributed by atoms with Crippen LogP contribution in [-0.2, 0) is 6.54 Å². The number of hydrogen-bond acceptors (Lipinski definition) is 5. The Balaban J connectivity index is 1.58. The fraction of sp³-hybridized carbons (Fsp3) is 0.412. The van der Waals surface area contributed by atoms with E-state index < -0.39 is 0 Å². The van der Waals surface area contributed by atoms with E-state index in [1.54, 1.807) is 6.33 Å². The summed E-state index contributed by atoms with van der Waals surface area (Å²) < 4.78 is 5.45. The number of rotatable bonds is 5. The number of benzene rings is 1. The van der Waals surface area contributed by atoms with Gasteiger partial charge >= 0.3 is 0 Å². The van der Waals surface area contributed by atoms with Crippen LogP contribution in [0.3, 0.4) is 0 Å². The number of hydrogen-bond donors (Lipinski definition) is 0. The van der Waals surface area contributed by atoms with Crippen molar-refractivity contribution >= 4 is 17.4 Å². The number of piperazine rings is 1. The Morgan fingerprint density at radius 1 is 1.13 bits per heavy atom. The van der Waals surface area contributed by atoms with Crippen LogP contribution in [0.25, 0.3) is 0 Å². The smallest absolute Gasteiger partial charge is 0.218 e. The molecule has 0 atom stereocenters. The molecular weight excluding hydrogens is 312 g/mol.